The van der Waals surface area contributed by atoms with Crippen molar-refractivity contribution in [3.63, 3.8) is 0 Å². The second kappa shape index (κ2) is 13.3. The maximum absolute atomic E-state index is 13.1. The molecule has 1 fully saturated rings. The lowest BCUT2D eigenvalue weighted by atomic mass is 10.1. The Morgan fingerprint density at radius 3 is 2.12 bits per heavy atom. The number of thioether (sulfide) groups is 3. The fraction of sp³-hybridized carbons (Fsp3) is 0.565. The molecule has 0 bridgehead atoms. The Bertz CT molecular complexity index is 941. The smallest absolute Gasteiger partial charge is 0.241 e. The molecular weight excluding hydrogens is 479 g/mol. The van der Waals surface area contributed by atoms with Crippen LogP contribution in [-0.4, -0.2) is 88.1 Å². The Labute approximate surface area is 206 Å². The highest BCUT2D eigenvalue weighted by Crippen LogP contribution is 2.30. The third-order valence-electron chi connectivity index (χ3n) is 5.42. The highest BCUT2D eigenvalue weighted by molar-refractivity contribution is 8.04. The molecule has 0 amide bonds. The molecule has 0 unspecified atom stereocenters. The van der Waals surface area contributed by atoms with E-state index in [1.165, 1.54) is 23.0 Å². The van der Waals surface area contributed by atoms with Crippen LogP contribution in [0.1, 0.15) is 6.42 Å². The van der Waals surface area contributed by atoms with E-state index in [1.54, 1.807) is 6.07 Å². The van der Waals surface area contributed by atoms with Gasteiger partial charge in [0.15, 0.2) is 0 Å². The molecular formula is C23H35N3O2S4. The summed E-state index contributed by atoms with van der Waals surface area (Å²) in [6.45, 7) is 3.55. The van der Waals surface area contributed by atoms with E-state index < -0.39 is 10.0 Å². The van der Waals surface area contributed by atoms with Crippen LogP contribution >= 0.6 is 35.3 Å². The summed E-state index contributed by atoms with van der Waals surface area (Å²) in [4.78, 5) is 4.86. The Balaban J connectivity index is 1.57. The molecule has 0 aliphatic carbocycles. The highest BCUT2D eigenvalue weighted by Gasteiger charge is 2.18. The Kier molecular flexibility index (Phi) is 10.9. The summed E-state index contributed by atoms with van der Waals surface area (Å²) in [6, 6.07) is 11.3. The van der Waals surface area contributed by atoms with Crippen LogP contribution in [0.4, 0.5) is 5.69 Å². The lowest BCUT2D eigenvalue weighted by Gasteiger charge is -2.22. The highest BCUT2D eigenvalue weighted by atomic mass is 32.2. The van der Waals surface area contributed by atoms with Gasteiger partial charge >= 0.3 is 0 Å². The van der Waals surface area contributed by atoms with Crippen molar-refractivity contribution in [2.24, 2.45) is 0 Å². The summed E-state index contributed by atoms with van der Waals surface area (Å²) in [5.74, 6) is 7.25. The number of nitrogens with one attached hydrogen (secondary N) is 1. The van der Waals surface area contributed by atoms with Gasteiger partial charge in [0.25, 0.3) is 0 Å². The largest absolute Gasteiger partial charge is 0.377 e. The van der Waals surface area contributed by atoms with E-state index in [4.69, 9.17) is 0 Å². The first kappa shape index (κ1) is 26.0. The van der Waals surface area contributed by atoms with Gasteiger partial charge in [0.1, 0.15) is 0 Å². The fourth-order valence-corrected chi connectivity index (χ4v) is 8.31. The molecule has 1 aliphatic heterocycles. The SMILES string of the molecule is CN(C)c1cccc2c(S(=O)(=O)NCCCN3CCSCCSCCSCC3)cccc12. The van der Waals surface area contributed by atoms with Crippen LogP contribution in [0, 0.1) is 0 Å². The van der Waals surface area contributed by atoms with E-state index in [0.717, 1.165) is 54.0 Å². The molecule has 0 saturated carbocycles. The molecule has 1 aliphatic rings. The van der Waals surface area contributed by atoms with Crippen molar-refractivity contribution in [3.8, 4) is 0 Å². The molecule has 0 atom stereocenters. The topological polar surface area (TPSA) is 52.7 Å². The maximum Gasteiger partial charge on any atom is 0.241 e. The summed E-state index contributed by atoms with van der Waals surface area (Å²) in [7, 11) is 0.386. The summed E-state index contributed by atoms with van der Waals surface area (Å²) >= 11 is 6.13. The van der Waals surface area contributed by atoms with Crippen molar-refractivity contribution < 1.29 is 8.42 Å². The van der Waals surface area contributed by atoms with Crippen LogP contribution in [0.5, 0.6) is 0 Å². The molecule has 32 heavy (non-hydrogen) atoms. The minimum Gasteiger partial charge on any atom is -0.377 e. The first-order valence-electron chi connectivity index (χ1n) is 11.1. The normalized spacial score (nSPS) is 17.6. The van der Waals surface area contributed by atoms with Gasteiger partial charge in [0, 0.05) is 84.7 Å². The molecule has 9 heteroatoms. The van der Waals surface area contributed by atoms with Crippen LogP contribution < -0.4 is 9.62 Å². The van der Waals surface area contributed by atoms with E-state index in [0.29, 0.717) is 11.4 Å². The molecule has 1 heterocycles. The lowest BCUT2D eigenvalue weighted by Crippen LogP contribution is -2.33. The van der Waals surface area contributed by atoms with Crippen LogP contribution in [0.25, 0.3) is 10.8 Å². The number of hydrogen-bond acceptors (Lipinski definition) is 7. The molecule has 1 N–H and O–H groups in total. The number of rotatable bonds is 7. The van der Waals surface area contributed by atoms with Crippen molar-refractivity contribution in [2.45, 2.75) is 11.3 Å². The van der Waals surface area contributed by atoms with Gasteiger partial charge in [0.2, 0.25) is 10.0 Å². The third kappa shape index (κ3) is 7.74. The summed E-state index contributed by atoms with van der Waals surface area (Å²) < 4.78 is 29.0. The Hall–Kier alpha value is -0.580. The second-order valence-corrected chi connectivity index (χ2v) is 13.4. The quantitative estimate of drug-likeness (QED) is 0.560. The second-order valence-electron chi connectivity index (χ2n) is 7.95. The summed E-state index contributed by atoms with van der Waals surface area (Å²) in [6.07, 6.45) is 0.818. The summed E-state index contributed by atoms with van der Waals surface area (Å²) in [5, 5.41) is 1.72. The van der Waals surface area contributed by atoms with Crippen molar-refractivity contribution >= 4 is 61.8 Å². The van der Waals surface area contributed by atoms with E-state index >= 15 is 0 Å². The van der Waals surface area contributed by atoms with Gasteiger partial charge in [-0.2, -0.15) is 35.3 Å². The molecule has 2 aromatic carbocycles. The molecule has 0 radical (unpaired) electrons. The van der Waals surface area contributed by atoms with Crippen LogP contribution in [0.3, 0.4) is 0 Å². The van der Waals surface area contributed by atoms with E-state index in [1.807, 2.05) is 72.9 Å². The monoisotopic (exact) mass is 513 g/mol. The van der Waals surface area contributed by atoms with Gasteiger partial charge in [-0.3, -0.25) is 0 Å². The Morgan fingerprint density at radius 2 is 1.47 bits per heavy atom. The molecule has 178 valence electrons. The van der Waals surface area contributed by atoms with Crippen LogP contribution in [0.15, 0.2) is 41.3 Å². The van der Waals surface area contributed by atoms with E-state index in [9.17, 15) is 8.42 Å². The standard InChI is InChI=1S/C23H35N3O2S4/c1-25(2)22-8-3-7-21-20(22)6-4-9-23(21)32(27,28)24-10-5-11-26-12-14-29-16-18-31-19-17-30-15-13-26/h3-4,6-9,24H,5,10-19H2,1-2H3. The van der Waals surface area contributed by atoms with Crippen LogP contribution in [-0.2, 0) is 10.0 Å². The molecule has 0 spiro atoms. The molecule has 5 nitrogen and oxygen atoms in total. The lowest BCUT2D eigenvalue weighted by molar-refractivity contribution is 0.305. The first-order valence-corrected chi connectivity index (χ1v) is 16.1. The van der Waals surface area contributed by atoms with Gasteiger partial charge in [-0.05, 0) is 25.1 Å². The van der Waals surface area contributed by atoms with Crippen molar-refractivity contribution in [1.29, 1.82) is 0 Å². The number of benzene rings is 2. The van der Waals surface area contributed by atoms with Crippen molar-refractivity contribution in [3.05, 3.63) is 36.4 Å². The average Bonchev–Trinajstić information content (AvgIpc) is 2.77. The zero-order valence-corrected chi connectivity index (χ0v) is 22.4. The van der Waals surface area contributed by atoms with Gasteiger partial charge in [-0.1, -0.05) is 24.3 Å². The number of nitrogens with zero attached hydrogens (tertiary/aromatic N) is 2. The predicted molar refractivity (Wildman–Crippen MR) is 146 cm³/mol. The van der Waals surface area contributed by atoms with Gasteiger partial charge in [-0.15, -0.1) is 0 Å². The maximum atomic E-state index is 13.1. The fourth-order valence-electron chi connectivity index (χ4n) is 3.74. The minimum absolute atomic E-state index is 0.357. The van der Waals surface area contributed by atoms with Gasteiger partial charge < -0.3 is 9.80 Å². The first-order chi connectivity index (χ1) is 15.5. The number of hydrogen-bond donors (Lipinski definition) is 1. The summed E-state index contributed by atoms with van der Waals surface area (Å²) in [5.41, 5.74) is 1.02. The molecule has 0 aromatic heterocycles. The predicted octanol–water partition coefficient (Wildman–Crippen LogP) is 4.09. The molecule has 1 saturated heterocycles. The van der Waals surface area contributed by atoms with E-state index in [-0.39, 0.29) is 0 Å². The minimum atomic E-state index is -3.56. The van der Waals surface area contributed by atoms with Gasteiger partial charge in [0.05, 0.1) is 4.90 Å². The molecule has 3 rings (SSSR count). The number of fused-ring (bicyclic) bond motifs is 1. The molecule has 2 aromatic rings. The van der Waals surface area contributed by atoms with Crippen molar-refractivity contribution in [2.75, 3.05) is 79.7 Å². The van der Waals surface area contributed by atoms with Crippen LogP contribution in [0.2, 0.25) is 0 Å². The van der Waals surface area contributed by atoms with Crippen molar-refractivity contribution in [1.82, 2.24) is 9.62 Å². The van der Waals surface area contributed by atoms with E-state index in [2.05, 4.69) is 21.4 Å². The average molecular weight is 514 g/mol. The van der Waals surface area contributed by atoms with Gasteiger partial charge in [-0.25, -0.2) is 13.1 Å². The number of sulfonamides is 1. The zero-order valence-electron chi connectivity index (χ0n) is 19.1. The number of anilines is 1. The Morgan fingerprint density at radius 1 is 0.875 bits per heavy atom. The third-order valence-corrected chi connectivity index (χ3v) is 10.4. The zero-order chi connectivity index (χ0) is 22.8.